The van der Waals surface area contributed by atoms with E-state index in [1.54, 1.807) is 6.20 Å². The van der Waals surface area contributed by atoms with Crippen molar-refractivity contribution >= 4 is 17.2 Å². The van der Waals surface area contributed by atoms with E-state index in [-0.39, 0.29) is 5.91 Å². The van der Waals surface area contributed by atoms with Crippen LogP contribution in [-0.4, -0.2) is 15.3 Å². The maximum Gasteiger partial charge on any atom is 0.255 e. The zero-order valence-corrected chi connectivity index (χ0v) is 12.2. The van der Waals surface area contributed by atoms with E-state index >= 15 is 0 Å². The highest BCUT2D eigenvalue weighted by atomic mass is 16.1. The average Bonchev–Trinajstić information content (AvgIpc) is 3.02. The first-order chi connectivity index (χ1) is 10.8. The van der Waals surface area contributed by atoms with Crippen LogP contribution in [0.25, 0.3) is 5.65 Å². The Morgan fingerprint density at radius 1 is 1.14 bits per heavy atom. The van der Waals surface area contributed by atoms with Crippen LogP contribution in [0.4, 0.5) is 5.69 Å². The molecule has 2 aromatic heterocycles. The van der Waals surface area contributed by atoms with E-state index < -0.39 is 0 Å². The summed E-state index contributed by atoms with van der Waals surface area (Å²) in [4.78, 5) is 16.7. The van der Waals surface area contributed by atoms with Crippen LogP contribution in [0.3, 0.4) is 0 Å². The largest absolute Gasteiger partial charge is 0.322 e. The molecule has 1 aliphatic carbocycles. The lowest BCUT2D eigenvalue weighted by atomic mass is 9.90. The highest BCUT2D eigenvalue weighted by molar-refractivity contribution is 6.05. The molecule has 1 N–H and O–H groups in total. The summed E-state index contributed by atoms with van der Waals surface area (Å²) in [5.74, 6) is -0.0792. The molecule has 0 spiro atoms. The molecular weight excluding hydrogens is 274 g/mol. The van der Waals surface area contributed by atoms with Crippen molar-refractivity contribution in [1.82, 2.24) is 9.38 Å². The van der Waals surface area contributed by atoms with Gasteiger partial charge >= 0.3 is 0 Å². The fraction of sp³-hybridized carbons (Fsp3) is 0.222. The summed E-state index contributed by atoms with van der Waals surface area (Å²) < 4.78 is 1.89. The van der Waals surface area contributed by atoms with Crippen LogP contribution in [-0.2, 0) is 12.8 Å². The number of benzene rings is 1. The van der Waals surface area contributed by atoms with Gasteiger partial charge in [0.1, 0.15) is 5.65 Å². The quantitative estimate of drug-likeness (QED) is 0.786. The minimum Gasteiger partial charge on any atom is -0.322 e. The second kappa shape index (κ2) is 5.30. The summed E-state index contributed by atoms with van der Waals surface area (Å²) in [7, 11) is 0. The third-order valence-electron chi connectivity index (χ3n) is 4.30. The first-order valence-electron chi connectivity index (χ1n) is 7.66. The molecule has 3 aromatic rings. The second-order valence-corrected chi connectivity index (χ2v) is 5.71. The maximum absolute atomic E-state index is 12.5. The number of nitrogens with one attached hydrogen (secondary N) is 1. The smallest absolute Gasteiger partial charge is 0.255 e. The Morgan fingerprint density at radius 3 is 3.00 bits per heavy atom. The van der Waals surface area contributed by atoms with Crippen molar-refractivity contribution < 1.29 is 4.79 Å². The Hall–Kier alpha value is -2.62. The highest BCUT2D eigenvalue weighted by Crippen LogP contribution is 2.28. The maximum atomic E-state index is 12.5. The zero-order valence-electron chi connectivity index (χ0n) is 12.2. The lowest BCUT2D eigenvalue weighted by Gasteiger charge is -2.19. The zero-order chi connectivity index (χ0) is 14.9. The molecule has 22 heavy (non-hydrogen) atoms. The van der Waals surface area contributed by atoms with E-state index in [2.05, 4.69) is 16.4 Å². The first-order valence-corrected chi connectivity index (χ1v) is 7.66. The SMILES string of the molecule is O=C(Nc1cccc2c1CCCC2)c1ccn2ccnc2c1. The summed E-state index contributed by atoms with van der Waals surface area (Å²) >= 11 is 0. The van der Waals surface area contributed by atoms with Gasteiger partial charge in [-0.15, -0.1) is 0 Å². The van der Waals surface area contributed by atoms with Crippen LogP contribution in [0.1, 0.15) is 34.3 Å². The van der Waals surface area contributed by atoms with E-state index in [0.717, 1.165) is 24.2 Å². The van der Waals surface area contributed by atoms with Crippen LogP contribution in [0.5, 0.6) is 0 Å². The molecule has 1 amide bonds. The number of carbonyl (C=O) groups is 1. The van der Waals surface area contributed by atoms with Crippen LogP contribution < -0.4 is 5.32 Å². The van der Waals surface area contributed by atoms with Crippen molar-refractivity contribution in [3.63, 3.8) is 0 Å². The molecule has 2 heterocycles. The number of aromatic nitrogens is 2. The standard InChI is InChI=1S/C18H17N3O/c22-18(14-8-10-21-11-9-19-17(21)12-14)20-16-7-3-5-13-4-1-2-6-15(13)16/h3,5,7-12H,1-2,4,6H2,(H,20,22). The van der Waals surface area contributed by atoms with Gasteiger partial charge in [0, 0.05) is 29.8 Å². The molecule has 4 rings (SSSR count). The number of pyridine rings is 1. The van der Waals surface area contributed by atoms with E-state index in [0.29, 0.717) is 5.56 Å². The predicted octanol–water partition coefficient (Wildman–Crippen LogP) is 3.47. The van der Waals surface area contributed by atoms with Gasteiger partial charge in [0.2, 0.25) is 0 Å². The van der Waals surface area contributed by atoms with Crippen LogP contribution in [0.2, 0.25) is 0 Å². The van der Waals surface area contributed by atoms with Crippen molar-refractivity contribution in [3.8, 4) is 0 Å². The fourth-order valence-corrected chi connectivity index (χ4v) is 3.14. The van der Waals surface area contributed by atoms with Crippen LogP contribution >= 0.6 is 0 Å². The monoisotopic (exact) mass is 291 g/mol. The lowest BCUT2D eigenvalue weighted by Crippen LogP contribution is -2.15. The molecule has 4 heteroatoms. The number of imidazole rings is 1. The number of amides is 1. The van der Waals surface area contributed by atoms with Crippen molar-refractivity contribution in [3.05, 3.63) is 65.6 Å². The molecule has 1 aromatic carbocycles. The van der Waals surface area contributed by atoms with E-state index in [9.17, 15) is 4.79 Å². The fourth-order valence-electron chi connectivity index (χ4n) is 3.14. The van der Waals surface area contributed by atoms with Crippen LogP contribution in [0.15, 0.2) is 48.9 Å². The van der Waals surface area contributed by atoms with Gasteiger partial charge in [-0.1, -0.05) is 12.1 Å². The molecular formula is C18H17N3O. The van der Waals surface area contributed by atoms with Crippen molar-refractivity contribution in [1.29, 1.82) is 0 Å². The summed E-state index contributed by atoms with van der Waals surface area (Å²) in [6.07, 6.45) is 10.0. The van der Waals surface area contributed by atoms with E-state index in [1.807, 2.05) is 41.1 Å². The minimum atomic E-state index is -0.0792. The Balaban J connectivity index is 1.64. The van der Waals surface area contributed by atoms with Gasteiger partial charge in [0.05, 0.1) is 0 Å². The lowest BCUT2D eigenvalue weighted by molar-refractivity contribution is 0.102. The summed E-state index contributed by atoms with van der Waals surface area (Å²) in [6.45, 7) is 0. The molecule has 0 saturated carbocycles. The van der Waals surface area contributed by atoms with Gasteiger partial charge in [-0.3, -0.25) is 4.79 Å². The molecule has 0 bridgehead atoms. The van der Waals surface area contributed by atoms with Gasteiger partial charge in [-0.05, 0) is 55.0 Å². The molecule has 0 fully saturated rings. The number of rotatable bonds is 2. The molecule has 1 aliphatic rings. The minimum absolute atomic E-state index is 0.0792. The molecule has 110 valence electrons. The predicted molar refractivity (Wildman–Crippen MR) is 86.2 cm³/mol. The number of anilines is 1. The molecule has 0 unspecified atom stereocenters. The number of aryl methyl sites for hydroxylation is 1. The summed E-state index contributed by atoms with van der Waals surface area (Å²) in [6, 6.07) is 9.82. The number of nitrogens with zero attached hydrogens (tertiary/aromatic N) is 2. The molecule has 0 saturated heterocycles. The molecule has 4 nitrogen and oxygen atoms in total. The van der Waals surface area contributed by atoms with E-state index in [1.165, 1.54) is 24.0 Å². The van der Waals surface area contributed by atoms with Gasteiger partial charge in [-0.25, -0.2) is 4.98 Å². The topological polar surface area (TPSA) is 46.4 Å². The third-order valence-corrected chi connectivity index (χ3v) is 4.30. The van der Waals surface area contributed by atoms with Gasteiger partial charge < -0.3 is 9.72 Å². The Labute approximate surface area is 128 Å². The van der Waals surface area contributed by atoms with Gasteiger partial charge in [0.25, 0.3) is 5.91 Å². The van der Waals surface area contributed by atoms with Crippen molar-refractivity contribution in [2.45, 2.75) is 25.7 Å². The van der Waals surface area contributed by atoms with Crippen LogP contribution in [0, 0.1) is 0 Å². The van der Waals surface area contributed by atoms with Gasteiger partial charge in [0.15, 0.2) is 0 Å². The summed E-state index contributed by atoms with van der Waals surface area (Å²) in [5, 5.41) is 3.07. The third kappa shape index (κ3) is 2.26. The second-order valence-electron chi connectivity index (χ2n) is 5.71. The Kier molecular flexibility index (Phi) is 3.15. The average molecular weight is 291 g/mol. The van der Waals surface area contributed by atoms with Gasteiger partial charge in [-0.2, -0.15) is 0 Å². The number of hydrogen-bond acceptors (Lipinski definition) is 2. The molecule has 0 aliphatic heterocycles. The normalized spacial score (nSPS) is 13.8. The van der Waals surface area contributed by atoms with Crippen molar-refractivity contribution in [2.75, 3.05) is 5.32 Å². The first kappa shape index (κ1) is 13.1. The van der Waals surface area contributed by atoms with E-state index in [4.69, 9.17) is 0 Å². The number of carbonyl (C=O) groups excluding carboxylic acids is 1. The Morgan fingerprint density at radius 2 is 2.05 bits per heavy atom. The molecule has 0 atom stereocenters. The molecule has 0 radical (unpaired) electrons. The number of hydrogen-bond donors (Lipinski definition) is 1. The van der Waals surface area contributed by atoms with Crippen molar-refractivity contribution in [2.24, 2.45) is 0 Å². The summed E-state index contributed by atoms with van der Waals surface area (Å²) in [5.41, 5.74) is 5.03. The number of fused-ring (bicyclic) bond motifs is 2. The highest BCUT2D eigenvalue weighted by Gasteiger charge is 2.15. The Bertz CT molecular complexity index is 850.